The standard InChI is InChI=1S/C26H20N6S2/c1-2-17(25-31-19-6-4-15(13-21(19)33-25)23-27-8-9-28-23)12-18(3-1)26-32-20-7-5-16(14-22(20)34-26)24-29-10-11-30-24/h1-7,12-14H,8-11H2,(H,27,28)(H,29,30). The first-order chi connectivity index (χ1) is 16.8. The number of thiazole rings is 2. The van der Waals surface area contributed by atoms with E-state index in [1.54, 1.807) is 22.7 Å². The normalized spacial score (nSPS) is 15.4. The smallest absolute Gasteiger partial charge is 0.128 e. The first kappa shape index (κ1) is 19.8. The van der Waals surface area contributed by atoms with Crippen molar-refractivity contribution in [3.8, 4) is 21.1 Å². The molecular weight excluding hydrogens is 460 g/mol. The predicted octanol–water partition coefficient (Wildman–Crippen LogP) is 4.94. The molecule has 0 bridgehead atoms. The maximum Gasteiger partial charge on any atom is 0.128 e. The van der Waals surface area contributed by atoms with Crippen molar-refractivity contribution < 1.29 is 0 Å². The van der Waals surface area contributed by atoms with E-state index in [2.05, 4.69) is 81.3 Å². The fourth-order valence-corrected chi connectivity index (χ4v) is 6.36. The summed E-state index contributed by atoms with van der Waals surface area (Å²) in [5, 5.41) is 8.74. The monoisotopic (exact) mass is 480 g/mol. The number of nitrogens with one attached hydrogen (secondary N) is 2. The molecule has 7 rings (SSSR count). The molecular formula is C26H20N6S2. The molecule has 0 fully saturated rings. The number of benzene rings is 3. The molecule has 2 aromatic heterocycles. The van der Waals surface area contributed by atoms with Crippen molar-refractivity contribution in [3.05, 3.63) is 71.8 Å². The fourth-order valence-electron chi connectivity index (χ4n) is 4.36. The van der Waals surface area contributed by atoms with Crippen LogP contribution in [0.1, 0.15) is 11.1 Å². The summed E-state index contributed by atoms with van der Waals surface area (Å²) in [6, 6.07) is 21.3. The van der Waals surface area contributed by atoms with Gasteiger partial charge in [-0.3, -0.25) is 9.98 Å². The van der Waals surface area contributed by atoms with Gasteiger partial charge in [0.15, 0.2) is 0 Å². The fraction of sp³-hybridized carbons (Fsp3) is 0.154. The average molecular weight is 481 g/mol. The molecule has 0 saturated carbocycles. The van der Waals surface area contributed by atoms with Gasteiger partial charge in [-0.25, -0.2) is 9.97 Å². The second kappa shape index (κ2) is 8.00. The van der Waals surface area contributed by atoms with E-state index in [0.717, 1.165) is 81.2 Å². The maximum atomic E-state index is 4.91. The molecule has 0 unspecified atom stereocenters. The van der Waals surface area contributed by atoms with Gasteiger partial charge in [0, 0.05) is 35.3 Å². The van der Waals surface area contributed by atoms with Crippen molar-refractivity contribution in [2.45, 2.75) is 0 Å². The molecule has 3 aromatic carbocycles. The summed E-state index contributed by atoms with van der Waals surface area (Å²) in [6.07, 6.45) is 0. The number of nitrogens with zero attached hydrogens (tertiary/aromatic N) is 4. The van der Waals surface area contributed by atoms with Crippen LogP contribution in [-0.4, -0.2) is 47.8 Å². The van der Waals surface area contributed by atoms with E-state index < -0.39 is 0 Å². The van der Waals surface area contributed by atoms with Crippen LogP contribution in [0.2, 0.25) is 0 Å². The number of hydrogen-bond acceptors (Lipinski definition) is 8. The Morgan fingerprint density at radius 3 is 1.59 bits per heavy atom. The Bertz CT molecular complexity index is 1510. The van der Waals surface area contributed by atoms with Gasteiger partial charge in [-0.2, -0.15) is 0 Å². The van der Waals surface area contributed by atoms with Crippen molar-refractivity contribution in [2.24, 2.45) is 9.98 Å². The zero-order chi connectivity index (χ0) is 22.5. The van der Waals surface area contributed by atoms with E-state index in [4.69, 9.17) is 9.97 Å². The highest BCUT2D eigenvalue weighted by Gasteiger charge is 2.14. The van der Waals surface area contributed by atoms with Gasteiger partial charge in [0.1, 0.15) is 21.7 Å². The van der Waals surface area contributed by atoms with Crippen LogP contribution in [0.15, 0.2) is 70.6 Å². The van der Waals surface area contributed by atoms with Gasteiger partial charge in [-0.05, 0) is 42.5 Å². The van der Waals surface area contributed by atoms with E-state index in [-0.39, 0.29) is 0 Å². The van der Waals surface area contributed by atoms with E-state index in [9.17, 15) is 0 Å². The number of fused-ring (bicyclic) bond motifs is 2. The number of rotatable bonds is 4. The molecule has 2 aliphatic heterocycles. The largest absolute Gasteiger partial charge is 0.368 e. The lowest BCUT2D eigenvalue weighted by molar-refractivity contribution is 0.960. The number of amidine groups is 2. The third-order valence-electron chi connectivity index (χ3n) is 6.03. The Balaban J connectivity index is 1.23. The summed E-state index contributed by atoms with van der Waals surface area (Å²) in [6.45, 7) is 3.50. The van der Waals surface area contributed by atoms with Crippen LogP contribution in [0, 0.1) is 0 Å². The number of hydrogen-bond donors (Lipinski definition) is 2. The summed E-state index contributed by atoms with van der Waals surface area (Å²) < 4.78 is 2.34. The van der Waals surface area contributed by atoms with E-state index in [0.29, 0.717) is 0 Å². The molecule has 8 heteroatoms. The molecule has 5 aromatic rings. The highest BCUT2D eigenvalue weighted by Crippen LogP contribution is 2.35. The zero-order valence-electron chi connectivity index (χ0n) is 18.2. The third kappa shape index (κ3) is 3.46. The Hall–Kier alpha value is -3.62. The minimum Gasteiger partial charge on any atom is -0.368 e. The molecule has 0 aliphatic carbocycles. The Labute approximate surface area is 204 Å². The maximum absolute atomic E-state index is 4.91. The molecule has 0 atom stereocenters. The van der Waals surface area contributed by atoms with Gasteiger partial charge < -0.3 is 10.6 Å². The lowest BCUT2D eigenvalue weighted by Gasteiger charge is -2.01. The SMILES string of the molecule is c1cc(-c2nc3ccc(C4=NCCN4)cc3s2)cc(-c2nc3ccc(C4=NCCN4)cc3s2)c1. The van der Waals surface area contributed by atoms with Crippen molar-refractivity contribution in [1.29, 1.82) is 0 Å². The van der Waals surface area contributed by atoms with Gasteiger partial charge in [0.2, 0.25) is 0 Å². The third-order valence-corrected chi connectivity index (χ3v) is 8.16. The van der Waals surface area contributed by atoms with Gasteiger partial charge in [0.25, 0.3) is 0 Å². The van der Waals surface area contributed by atoms with Crippen LogP contribution in [0.3, 0.4) is 0 Å². The lowest BCUT2D eigenvalue weighted by atomic mass is 10.1. The quantitative estimate of drug-likeness (QED) is 0.382. The van der Waals surface area contributed by atoms with E-state index in [1.807, 2.05) is 0 Å². The number of aliphatic imine (C=N–C) groups is 2. The van der Waals surface area contributed by atoms with Crippen molar-refractivity contribution in [2.75, 3.05) is 26.2 Å². The molecule has 0 radical (unpaired) electrons. The van der Waals surface area contributed by atoms with E-state index in [1.165, 1.54) is 9.40 Å². The summed E-state index contributed by atoms with van der Waals surface area (Å²) in [5.41, 5.74) is 6.51. The Morgan fingerprint density at radius 1 is 0.588 bits per heavy atom. The predicted molar refractivity (Wildman–Crippen MR) is 142 cm³/mol. The van der Waals surface area contributed by atoms with Gasteiger partial charge >= 0.3 is 0 Å². The molecule has 166 valence electrons. The topological polar surface area (TPSA) is 74.6 Å². The van der Waals surface area contributed by atoms with Crippen molar-refractivity contribution in [3.63, 3.8) is 0 Å². The molecule has 0 spiro atoms. The van der Waals surface area contributed by atoms with Gasteiger partial charge in [0.05, 0.1) is 33.5 Å². The van der Waals surface area contributed by atoms with Gasteiger partial charge in [-0.1, -0.05) is 18.2 Å². The lowest BCUT2D eigenvalue weighted by Crippen LogP contribution is -2.19. The van der Waals surface area contributed by atoms with E-state index >= 15 is 0 Å². The highest BCUT2D eigenvalue weighted by atomic mass is 32.1. The molecule has 2 aliphatic rings. The molecule has 2 N–H and O–H groups in total. The van der Waals surface area contributed by atoms with Crippen LogP contribution in [0.25, 0.3) is 41.6 Å². The first-order valence-electron chi connectivity index (χ1n) is 11.3. The van der Waals surface area contributed by atoms with Crippen molar-refractivity contribution in [1.82, 2.24) is 20.6 Å². The first-order valence-corrected chi connectivity index (χ1v) is 12.9. The van der Waals surface area contributed by atoms with Crippen LogP contribution in [0.5, 0.6) is 0 Å². The summed E-state index contributed by atoms with van der Waals surface area (Å²) in [7, 11) is 0. The summed E-state index contributed by atoms with van der Waals surface area (Å²) in [4.78, 5) is 18.9. The van der Waals surface area contributed by atoms with Crippen LogP contribution < -0.4 is 10.6 Å². The second-order valence-corrected chi connectivity index (χ2v) is 10.4. The summed E-state index contributed by atoms with van der Waals surface area (Å²) >= 11 is 3.43. The molecule has 0 saturated heterocycles. The van der Waals surface area contributed by atoms with Crippen LogP contribution in [0.4, 0.5) is 0 Å². The number of aromatic nitrogens is 2. The Morgan fingerprint density at radius 2 is 1.12 bits per heavy atom. The minimum absolute atomic E-state index is 0.840. The molecule has 34 heavy (non-hydrogen) atoms. The molecule has 0 amide bonds. The average Bonchev–Trinajstić information content (AvgIpc) is 3.69. The minimum atomic E-state index is 0.840. The highest BCUT2D eigenvalue weighted by molar-refractivity contribution is 7.22. The zero-order valence-corrected chi connectivity index (χ0v) is 19.8. The Kier molecular flexibility index (Phi) is 4.66. The van der Waals surface area contributed by atoms with Crippen LogP contribution in [-0.2, 0) is 0 Å². The summed E-state index contributed by atoms with van der Waals surface area (Å²) in [5.74, 6) is 1.96. The molecule has 6 nitrogen and oxygen atoms in total. The van der Waals surface area contributed by atoms with Gasteiger partial charge in [-0.15, -0.1) is 22.7 Å². The van der Waals surface area contributed by atoms with Crippen molar-refractivity contribution >= 4 is 54.8 Å². The molecule has 4 heterocycles. The van der Waals surface area contributed by atoms with Crippen LogP contribution >= 0.6 is 22.7 Å². The second-order valence-electron chi connectivity index (χ2n) is 8.30.